The summed E-state index contributed by atoms with van der Waals surface area (Å²) in [5.41, 5.74) is 3.07. The fourth-order valence-electron chi connectivity index (χ4n) is 4.61. The maximum atomic E-state index is 12.7. The Hall–Kier alpha value is -2.37. The molecule has 25 heavy (non-hydrogen) atoms. The van der Waals surface area contributed by atoms with Gasteiger partial charge in [-0.15, -0.1) is 0 Å². The lowest BCUT2D eigenvalue weighted by atomic mass is 9.71. The van der Waals surface area contributed by atoms with Crippen molar-refractivity contribution in [2.75, 3.05) is 0 Å². The van der Waals surface area contributed by atoms with Gasteiger partial charge in [-0.3, -0.25) is 19.7 Å². The zero-order valence-corrected chi connectivity index (χ0v) is 14.7. The van der Waals surface area contributed by atoms with E-state index in [0.717, 1.165) is 55.6 Å². The van der Waals surface area contributed by atoms with Crippen LogP contribution in [0, 0.1) is 13.8 Å². The average Bonchev–Trinajstić information content (AvgIpc) is 2.86. The summed E-state index contributed by atoms with van der Waals surface area (Å²) in [7, 11) is 0. The molecule has 2 fully saturated rings. The molecule has 2 atom stereocenters. The molecular weight excluding hydrogens is 314 g/mol. The summed E-state index contributed by atoms with van der Waals surface area (Å²) in [6.07, 6.45) is 13.1. The van der Waals surface area contributed by atoms with Gasteiger partial charge < -0.3 is 5.32 Å². The molecule has 2 heterocycles. The van der Waals surface area contributed by atoms with Crippen LogP contribution in [0.4, 0.5) is 0 Å². The molecule has 2 bridgehead atoms. The number of hydrogen-bond donors (Lipinski definition) is 1. The van der Waals surface area contributed by atoms with Crippen LogP contribution < -0.4 is 5.32 Å². The van der Waals surface area contributed by atoms with E-state index in [-0.39, 0.29) is 16.9 Å². The van der Waals surface area contributed by atoms with Gasteiger partial charge in [0.1, 0.15) is 5.69 Å². The van der Waals surface area contributed by atoms with Crippen molar-refractivity contribution in [3.63, 3.8) is 0 Å². The van der Waals surface area contributed by atoms with Crippen molar-refractivity contribution in [2.45, 2.75) is 63.3 Å². The van der Waals surface area contributed by atoms with Crippen molar-refractivity contribution in [2.24, 2.45) is 0 Å². The van der Waals surface area contributed by atoms with Gasteiger partial charge in [-0.2, -0.15) is 0 Å². The number of nitrogens with one attached hydrogen (secondary N) is 1. The van der Waals surface area contributed by atoms with Crippen molar-refractivity contribution in [3.05, 3.63) is 47.6 Å². The van der Waals surface area contributed by atoms with E-state index in [4.69, 9.17) is 4.98 Å². The monoisotopic (exact) mass is 337 g/mol. The van der Waals surface area contributed by atoms with E-state index in [0.29, 0.717) is 5.69 Å². The van der Waals surface area contributed by atoms with Crippen LogP contribution in [-0.4, -0.2) is 31.4 Å². The summed E-state index contributed by atoms with van der Waals surface area (Å²) in [6, 6.07) is 0. The molecule has 0 saturated heterocycles. The van der Waals surface area contributed by atoms with Crippen LogP contribution in [0.3, 0.4) is 0 Å². The molecular formula is C19H23N5O. The van der Waals surface area contributed by atoms with Crippen LogP contribution in [-0.2, 0) is 5.41 Å². The molecule has 6 nitrogen and oxygen atoms in total. The minimum Gasteiger partial charge on any atom is -0.345 e. The van der Waals surface area contributed by atoms with Gasteiger partial charge >= 0.3 is 0 Å². The average molecular weight is 337 g/mol. The fourth-order valence-corrected chi connectivity index (χ4v) is 4.61. The lowest BCUT2D eigenvalue weighted by Gasteiger charge is -2.39. The third kappa shape index (κ3) is 2.90. The van der Waals surface area contributed by atoms with E-state index >= 15 is 0 Å². The van der Waals surface area contributed by atoms with Crippen LogP contribution in [0.2, 0.25) is 0 Å². The zero-order chi connectivity index (χ0) is 17.5. The molecule has 1 amide bonds. The first-order valence-electron chi connectivity index (χ1n) is 8.91. The Kier molecular flexibility index (Phi) is 3.78. The van der Waals surface area contributed by atoms with Crippen molar-refractivity contribution in [1.82, 2.24) is 25.3 Å². The molecule has 2 aliphatic rings. The second-order valence-electron chi connectivity index (χ2n) is 7.64. The predicted molar refractivity (Wildman–Crippen MR) is 93.1 cm³/mol. The third-order valence-electron chi connectivity index (χ3n) is 5.73. The zero-order valence-electron chi connectivity index (χ0n) is 14.7. The van der Waals surface area contributed by atoms with Crippen molar-refractivity contribution in [3.8, 4) is 0 Å². The summed E-state index contributed by atoms with van der Waals surface area (Å²) in [4.78, 5) is 30.2. The summed E-state index contributed by atoms with van der Waals surface area (Å²) in [5, 5.41) is 3.29. The molecule has 2 aromatic rings. The van der Waals surface area contributed by atoms with Crippen LogP contribution in [0.25, 0.3) is 0 Å². The number of carbonyl (C=O) groups is 1. The van der Waals surface area contributed by atoms with Gasteiger partial charge in [0.2, 0.25) is 0 Å². The highest BCUT2D eigenvalue weighted by molar-refractivity contribution is 5.92. The smallest absolute Gasteiger partial charge is 0.271 e. The third-order valence-corrected chi connectivity index (χ3v) is 5.73. The van der Waals surface area contributed by atoms with E-state index in [2.05, 4.69) is 20.3 Å². The first-order chi connectivity index (χ1) is 12.0. The Morgan fingerprint density at radius 2 is 1.72 bits per heavy atom. The van der Waals surface area contributed by atoms with Crippen molar-refractivity contribution < 1.29 is 4.79 Å². The van der Waals surface area contributed by atoms with Gasteiger partial charge in [-0.25, -0.2) is 4.98 Å². The van der Waals surface area contributed by atoms with Gasteiger partial charge in [0.25, 0.3) is 5.91 Å². The highest BCUT2D eigenvalue weighted by atomic mass is 16.2. The van der Waals surface area contributed by atoms with Crippen LogP contribution in [0.15, 0.2) is 24.8 Å². The first-order valence-corrected chi connectivity index (χ1v) is 8.91. The number of amides is 1. The Balaban J connectivity index is 1.58. The number of carbonyl (C=O) groups excluding carboxylic acids is 1. The summed E-state index contributed by atoms with van der Waals surface area (Å²) in [5.74, 6) is -0.121. The fraction of sp³-hybridized carbons (Fsp3) is 0.526. The van der Waals surface area contributed by atoms with Crippen molar-refractivity contribution >= 4 is 5.91 Å². The van der Waals surface area contributed by atoms with E-state index in [1.165, 1.54) is 6.20 Å². The second kappa shape index (κ2) is 5.86. The van der Waals surface area contributed by atoms with E-state index in [9.17, 15) is 4.79 Å². The molecule has 2 aliphatic carbocycles. The van der Waals surface area contributed by atoms with E-state index < -0.39 is 0 Å². The van der Waals surface area contributed by atoms with Gasteiger partial charge in [0, 0.05) is 29.5 Å². The summed E-state index contributed by atoms with van der Waals surface area (Å²) < 4.78 is 0. The van der Waals surface area contributed by atoms with Gasteiger partial charge in [0.05, 0.1) is 23.3 Å². The molecule has 130 valence electrons. The Labute approximate surface area is 147 Å². The molecule has 4 rings (SSSR count). The maximum absolute atomic E-state index is 12.7. The largest absolute Gasteiger partial charge is 0.345 e. The molecule has 2 unspecified atom stereocenters. The number of aryl methyl sites for hydroxylation is 2. The normalized spacial score (nSPS) is 27.9. The number of nitrogens with zero attached hydrogens (tertiary/aromatic N) is 4. The van der Waals surface area contributed by atoms with Crippen LogP contribution >= 0.6 is 0 Å². The molecule has 0 spiro atoms. The summed E-state index contributed by atoms with van der Waals surface area (Å²) in [6.45, 7) is 3.83. The quantitative estimate of drug-likeness (QED) is 0.931. The predicted octanol–water partition coefficient (Wildman–Crippen LogP) is 2.66. The maximum Gasteiger partial charge on any atom is 0.271 e. The highest BCUT2D eigenvalue weighted by Gasteiger charge is 2.53. The van der Waals surface area contributed by atoms with Crippen LogP contribution in [0.1, 0.15) is 66.1 Å². The van der Waals surface area contributed by atoms with E-state index in [1.54, 1.807) is 12.4 Å². The lowest BCUT2D eigenvalue weighted by molar-refractivity contribution is 0.0868. The molecule has 0 aliphatic heterocycles. The van der Waals surface area contributed by atoms with Crippen LogP contribution in [0.5, 0.6) is 0 Å². The number of fused-ring (bicyclic) bond motifs is 2. The van der Waals surface area contributed by atoms with Gasteiger partial charge in [0.15, 0.2) is 0 Å². The SMILES string of the molecule is Cc1cncc(C(=O)NC23CCCC(c4cncc(C)n4)(CC2)C3)n1. The molecule has 2 aromatic heterocycles. The number of aromatic nitrogens is 4. The molecule has 0 radical (unpaired) electrons. The first kappa shape index (κ1) is 16.1. The second-order valence-corrected chi connectivity index (χ2v) is 7.64. The molecule has 0 aromatic carbocycles. The standard InChI is InChI=1S/C19H23N5O/c1-13-8-20-10-15(22-13)17(25)24-19-5-3-4-18(12-19,6-7-19)16-11-21-9-14(2)23-16/h8-11H,3-7,12H2,1-2H3,(H,24,25). The minimum atomic E-state index is -0.161. The Bertz CT molecular complexity index is 823. The van der Waals surface area contributed by atoms with E-state index in [1.807, 2.05) is 20.0 Å². The minimum absolute atomic E-state index is 0.0445. The summed E-state index contributed by atoms with van der Waals surface area (Å²) >= 11 is 0. The molecule has 1 N–H and O–H groups in total. The van der Waals surface area contributed by atoms with Gasteiger partial charge in [-0.1, -0.05) is 6.42 Å². The highest BCUT2D eigenvalue weighted by Crippen LogP contribution is 2.54. The molecule has 2 saturated carbocycles. The lowest BCUT2D eigenvalue weighted by Crippen LogP contribution is -2.50. The number of hydrogen-bond acceptors (Lipinski definition) is 5. The Morgan fingerprint density at radius 1 is 0.960 bits per heavy atom. The number of rotatable bonds is 3. The van der Waals surface area contributed by atoms with Crippen molar-refractivity contribution in [1.29, 1.82) is 0 Å². The topological polar surface area (TPSA) is 80.7 Å². The Morgan fingerprint density at radius 3 is 2.48 bits per heavy atom. The van der Waals surface area contributed by atoms with Gasteiger partial charge in [-0.05, 0) is 46.0 Å². The molecule has 6 heteroatoms.